The second kappa shape index (κ2) is 7.36. The third-order valence-electron chi connectivity index (χ3n) is 3.17. The lowest BCUT2D eigenvalue weighted by Crippen LogP contribution is -2.49. The average Bonchev–Trinajstić information content (AvgIpc) is 2.42. The maximum absolute atomic E-state index is 6.04. The number of benzene rings is 1. The van der Waals surface area contributed by atoms with Crippen LogP contribution in [0.1, 0.15) is 20.3 Å². The zero-order valence-corrected chi connectivity index (χ0v) is 11.7. The van der Waals surface area contributed by atoms with Gasteiger partial charge in [0.2, 0.25) is 0 Å². The predicted molar refractivity (Wildman–Crippen MR) is 74.9 cm³/mol. The Hall–Kier alpha value is -1.26. The van der Waals surface area contributed by atoms with Crippen LogP contribution in [0.15, 0.2) is 24.3 Å². The van der Waals surface area contributed by atoms with Gasteiger partial charge in [-0.05, 0) is 32.0 Å². The molecule has 106 valence electrons. The highest BCUT2D eigenvalue weighted by Gasteiger charge is 2.26. The maximum Gasteiger partial charge on any atom is 0.137 e. The van der Waals surface area contributed by atoms with Gasteiger partial charge in [0.15, 0.2) is 0 Å². The first kappa shape index (κ1) is 14.2. The lowest BCUT2D eigenvalue weighted by molar-refractivity contribution is -0.0143. The van der Waals surface area contributed by atoms with Crippen molar-refractivity contribution >= 4 is 0 Å². The Morgan fingerprint density at radius 2 is 2.16 bits per heavy atom. The molecule has 0 amide bonds. The zero-order chi connectivity index (χ0) is 13.5. The number of nitrogens with one attached hydrogen (secondary N) is 1. The SMILES string of the molecule is CCNC1CCOCC1Oc1cccc(OCC)c1. The van der Waals surface area contributed by atoms with E-state index < -0.39 is 0 Å². The highest BCUT2D eigenvalue weighted by atomic mass is 16.5. The minimum absolute atomic E-state index is 0.0607. The second-order valence-electron chi connectivity index (χ2n) is 4.59. The summed E-state index contributed by atoms with van der Waals surface area (Å²) in [6.07, 6.45) is 1.05. The molecule has 0 radical (unpaired) electrons. The van der Waals surface area contributed by atoms with E-state index in [1.165, 1.54) is 0 Å². The minimum Gasteiger partial charge on any atom is -0.494 e. The third kappa shape index (κ3) is 4.11. The van der Waals surface area contributed by atoms with Crippen molar-refractivity contribution in [3.63, 3.8) is 0 Å². The van der Waals surface area contributed by atoms with Crippen LogP contribution >= 0.6 is 0 Å². The molecule has 1 N–H and O–H groups in total. The summed E-state index contributed by atoms with van der Waals surface area (Å²) in [5.41, 5.74) is 0. The van der Waals surface area contributed by atoms with Gasteiger partial charge in [-0.25, -0.2) is 0 Å². The van der Waals surface area contributed by atoms with Crippen LogP contribution in [0.25, 0.3) is 0 Å². The number of rotatable bonds is 6. The van der Waals surface area contributed by atoms with E-state index in [0.717, 1.165) is 31.1 Å². The molecule has 4 nitrogen and oxygen atoms in total. The van der Waals surface area contributed by atoms with E-state index >= 15 is 0 Å². The summed E-state index contributed by atoms with van der Waals surface area (Å²) in [4.78, 5) is 0. The molecule has 1 aromatic carbocycles. The van der Waals surface area contributed by atoms with Crippen LogP contribution in [-0.4, -0.2) is 38.5 Å². The molecular formula is C15H23NO3. The Morgan fingerprint density at radius 3 is 2.95 bits per heavy atom. The Morgan fingerprint density at radius 1 is 1.32 bits per heavy atom. The van der Waals surface area contributed by atoms with E-state index in [9.17, 15) is 0 Å². The first-order valence-electron chi connectivity index (χ1n) is 7.04. The Kier molecular flexibility index (Phi) is 5.48. The molecule has 1 aliphatic heterocycles. The van der Waals surface area contributed by atoms with Gasteiger partial charge in [0.25, 0.3) is 0 Å². The van der Waals surface area contributed by atoms with E-state index in [1.807, 2.05) is 31.2 Å². The fourth-order valence-electron chi connectivity index (χ4n) is 2.30. The Bertz CT molecular complexity index is 381. The number of ether oxygens (including phenoxy) is 3. The largest absolute Gasteiger partial charge is 0.494 e. The molecule has 0 aromatic heterocycles. The molecule has 19 heavy (non-hydrogen) atoms. The smallest absolute Gasteiger partial charge is 0.137 e. The van der Waals surface area contributed by atoms with Gasteiger partial charge < -0.3 is 19.5 Å². The molecule has 0 bridgehead atoms. The van der Waals surface area contributed by atoms with Crippen molar-refractivity contribution < 1.29 is 14.2 Å². The van der Waals surface area contributed by atoms with E-state index in [2.05, 4.69) is 12.2 Å². The van der Waals surface area contributed by atoms with Crippen LogP contribution in [0.5, 0.6) is 11.5 Å². The normalized spacial score (nSPS) is 23.1. The maximum atomic E-state index is 6.04. The Balaban J connectivity index is 1.99. The van der Waals surface area contributed by atoms with Crippen molar-refractivity contribution in [2.45, 2.75) is 32.4 Å². The fourth-order valence-corrected chi connectivity index (χ4v) is 2.30. The van der Waals surface area contributed by atoms with E-state index in [4.69, 9.17) is 14.2 Å². The summed E-state index contributed by atoms with van der Waals surface area (Å²) in [6.45, 7) is 7.14. The molecule has 2 unspecified atom stereocenters. The summed E-state index contributed by atoms with van der Waals surface area (Å²) in [5, 5.41) is 3.46. The van der Waals surface area contributed by atoms with Gasteiger partial charge in [-0.2, -0.15) is 0 Å². The van der Waals surface area contributed by atoms with Crippen molar-refractivity contribution in [2.75, 3.05) is 26.4 Å². The second-order valence-corrected chi connectivity index (χ2v) is 4.59. The molecule has 2 atom stereocenters. The number of hydrogen-bond acceptors (Lipinski definition) is 4. The summed E-state index contributed by atoms with van der Waals surface area (Å²) in [6, 6.07) is 8.14. The van der Waals surface area contributed by atoms with Gasteiger partial charge in [0.05, 0.1) is 13.2 Å². The van der Waals surface area contributed by atoms with Crippen molar-refractivity contribution in [3.05, 3.63) is 24.3 Å². The van der Waals surface area contributed by atoms with Gasteiger partial charge in [0, 0.05) is 18.7 Å². The molecule has 1 saturated heterocycles. The van der Waals surface area contributed by atoms with Crippen molar-refractivity contribution in [3.8, 4) is 11.5 Å². The first-order valence-corrected chi connectivity index (χ1v) is 7.04. The summed E-state index contributed by atoms with van der Waals surface area (Å²) < 4.78 is 17.0. The predicted octanol–water partition coefficient (Wildman–Crippen LogP) is 2.23. The summed E-state index contributed by atoms with van der Waals surface area (Å²) in [5.74, 6) is 1.68. The Labute approximate surface area is 115 Å². The monoisotopic (exact) mass is 265 g/mol. The van der Waals surface area contributed by atoms with Crippen LogP contribution in [0.4, 0.5) is 0 Å². The fraction of sp³-hybridized carbons (Fsp3) is 0.600. The van der Waals surface area contributed by atoms with Gasteiger partial charge in [0.1, 0.15) is 17.6 Å². The van der Waals surface area contributed by atoms with Crippen LogP contribution in [0.3, 0.4) is 0 Å². The number of hydrogen-bond donors (Lipinski definition) is 1. The zero-order valence-electron chi connectivity index (χ0n) is 11.7. The third-order valence-corrected chi connectivity index (χ3v) is 3.17. The highest BCUT2D eigenvalue weighted by Crippen LogP contribution is 2.22. The first-order chi connectivity index (χ1) is 9.33. The quantitative estimate of drug-likeness (QED) is 0.856. The molecule has 0 spiro atoms. The van der Waals surface area contributed by atoms with Crippen molar-refractivity contribution in [2.24, 2.45) is 0 Å². The van der Waals surface area contributed by atoms with Gasteiger partial charge in [-0.3, -0.25) is 0 Å². The van der Waals surface area contributed by atoms with Crippen LogP contribution < -0.4 is 14.8 Å². The molecule has 1 aliphatic rings. The van der Waals surface area contributed by atoms with Gasteiger partial charge in [-0.15, -0.1) is 0 Å². The van der Waals surface area contributed by atoms with Gasteiger partial charge in [-0.1, -0.05) is 13.0 Å². The van der Waals surface area contributed by atoms with E-state index in [-0.39, 0.29) is 6.10 Å². The van der Waals surface area contributed by atoms with Crippen molar-refractivity contribution in [1.82, 2.24) is 5.32 Å². The molecule has 1 aromatic rings. The molecule has 4 heteroatoms. The standard InChI is InChI=1S/C15H23NO3/c1-3-16-14-8-9-17-11-15(14)19-13-7-5-6-12(10-13)18-4-2/h5-7,10,14-16H,3-4,8-9,11H2,1-2H3. The van der Waals surface area contributed by atoms with Gasteiger partial charge >= 0.3 is 0 Å². The topological polar surface area (TPSA) is 39.7 Å². The van der Waals surface area contributed by atoms with Crippen molar-refractivity contribution in [1.29, 1.82) is 0 Å². The lowest BCUT2D eigenvalue weighted by Gasteiger charge is -2.32. The summed E-state index contributed by atoms with van der Waals surface area (Å²) in [7, 11) is 0. The van der Waals surface area contributed by atoms with E-state index in [1.54, 1.807) is 0 Å². The van der Waals surface area contributed by atoms with Crippen LogP contribution in [0.2, 0.25) is 0 Å². The molecular weight excluding hydrogens is 242 g/mol. The minimum atomic E-state index is 0.0607. The summed E-state index contributed by atoms with van der Waals surface area (Å²) >= 11 is 0. The van der Waals surface area contributed by atoms with E-state index in [0.29, 0.717) is 19.3 Å². The highest BCUT2D eigenvalue weighted by molar-refractivity contribution is 5.33. The number of likely N-dealkylation sites (N-methyl/N-ethyl adjacent to an activating group) is 1. The molecule has 2 rings (SSSR count). The van der Waals surface area contributed by atoms with Crippen LogP contribution in [-0.2, 0) is 4.74 Å². The molecule has 0 saturated carbocycles. The molecule has 1 heterocycles. The lowest BCUT2D eigenvalue weighted by atomic mass is 10.1. The van der Waals surface area contributed by atoms with Crippen LogP contribution in [0, 0.1) is 0 Å². The molecule has 1 fully saturated rings. The average molecular weight is 265 g/mol. The molecule has 0 aliphatic carbocycles.